The second-order valence-electron chi connectivity index (χ2n) is 5.38. The molecular formula is C13H16ClN5O2. The van der Waals surface area contributed by atoms with Gasteiger partial charge in [-0.25, -0.2) is 15.1 Å². The van der Waals surface area contributed by atoms with Crippen molar-refractivity contribution in [3.05, 3.63) is 39.2 Å². The Bertz CT molecular complexity index is 562. The topological polar surface area (TPSA) is 83.7 Å². The van der Waals surface area contributed by atoms with E-state index in [0.717, 1.165) is 31.2 Å². The molecule has 0 radical (unpaired) electrons. The van der Waals surface area contributed by atoms with Crippen LogP contribution in [0.4, 0.5) is 0 Å². The van der Waals surface area contributed by atoms with Gasteiger partial charge in [-0.05, 0) is 24.5 Å². The summed E-state index contributed by atoms with van der Waals surface area (Å²) in [5.74, 6) is 0.354. The molecule has 2 fully saturated rings. The molecule has 8 heteroatoms. The van der Waals surface area contributed by atoms with Gasteiger partial charge in [-0.2, -0.15) is 0 Å². The Morgan fingerprint density at radius 3 is 3.00 bits per heavy atom. The normalized spacial score (nSPS) is 26.5. The lowest BCUT2D eigenvalue weighted by molar-refractivity contribution is -0.485. The largest absolute Gasteiger partial charge is 0.346 e. The fourth-order valence-corrected chi connectivity index (χ4v) is 3.22. The molecule has 2 aliphatic rings. The third-order valence-electron chi connectivity index (χ3n) is 4.03. The first-order valence-electron chi connectivity index (χ1n) is 7.00. The van der Waals surface area contributed by atoms with E-state index >= 15 is 0 Å². The number of guanidine groups is 1. The van der Waals surface area contributed by atoms with Gasteiger partial charge in [0, 0.05) is 18.8 Å². The van der Waals surface area contributed by atoms with Crippen molar-refractivity contribution >= 4 is 17.6 Å². The fourth-order valence-electron chi connectivity index (χ4n) is 3.11. The Labute approximate surface area is 127 Å². The fraction of sp³-hybridized carbons (Fsp3) is 0.538. The quantitative estimate of drug-likeness (QED) is 0.524. The number of halogens is 1. The number of hydrogen-bond acceptors (Lipinski definition) is 3. The highest BCUT2D eigenvalue weighted by atomic mass is 35.5. The summed E-state index contributed by atoms with van der Waals surface area (Å²) in [6, 6.07) is 4.11. The van der Waals surface area contributed by atoms with E-state index in [1.807, 2.05) is 11.0 Å². The van der Waals surface area contributed by atoms with Gasteiger partial charge in [0.1, 0.15) is 10.3 Å². The number of nitro groups is 1. The molecule has 112 valence electrons. The zero-order valence-corrected chi connectivity index (χ0v) is 12.2. The molecule has 3 rings (SSSR count). The molecule has 1 aliphatic carbocycles. The van der Waals surface area contributed by atoms with E-state index in [2.05, 4.69) is 15.4 Å². The molecule has 1 aliphatic heterocycles. The Balaban J connectivity index is 1.84. The van der Waals surface area contributed by atoms with Crippen molar-refractivity contribution in [2.24, 2.45) is 5.10 Å². The standard InChI is InChI=1S/C13H16ClN5O2/c14-12-6-5-9(7-15-12)8-18-11-4-2-1-3-10(11)16-13(18)17-19(20)21/h5-7,10-11H,1-4,8H2,(H,16,17)/t10-,11+/m1/s1. The van der Waals surface area contributed by atoms with E-state index in [4.69, 9.17) is 11.6 Å². The molecule has 1 aromatic heterocycles. The van der Waals surface area contributed by atoms with Crippen molar-refractivity contribution < 1.29 is 5.03 Å². The second kappa shape index (κ2) is 5.85. The Kier molecular flexibility index (Phi) is 3.92. The van der Waals surface area contributed by atoms with Crippen LogP contribution in [-0.4, -0.2) is 33.0 Å². The minimum atomic E-state index is -0.646. The number of hydrazone groups is 1. The van der Waals surface area contributed by atoms with Gasteiger partial charge in [0.25, 0.3) is 5.96 Å². The van der Waals surface area contributed by atoms with Crippen molar-refractivity contribution in [2.45, 2.75) is 44.3 Å². The van der Waals surface area contributed by atoms with Crippen LogP contribution in [0.1, 0.15) is 31.2 Å². The summed E-state index contributed by atoms with van der Waals surface area (Å²) in [7, 11) is 0. The molecular weight excluding hydrogens is 294 g/mol. The molecule has 2 atom stereocenters. The summed E-state index contributed by atoms with van der Waals surface area (Å²) < 4.78 is 0. The highest BCUT2D eigenvalue weighted by Gasteiger charge is 2.40. The predicted octanol–water partition coefficient (Wildman–Crippen LogP) is 2.00. The van der Waals surface area contributed by atoms with Crippen molar-refractivity contribution in [2.75, 3.05) is 0 Å². The van der Waals surface area contributed by atoms with E-state index in [1.165, 1.54) is 0 Å². The molecule has 1 saturated carbocycles. The molecule has 0 aromatic carbocycles. The maximum atomic E-state index is 10.7. The molecule has 1 saturated heterocycles. The third-order valence-corrected chi connectivity index (χ3v) is 4.26. The van der Waals surface area contributed by atoms with Gasteiger partial charge in [0.05, 0.1) is 6.04 Å². The van der Waals surface area contributed by atoms with Crippen LogP contribution in [0.3, 0.4) is 0 Å². The number of nitrogens with zero attached hydrogens (tertiary/aromatic N) is 4. The van der Waals surface area contributed by atoms with Crippen molar-refractivity contribution in [3.8, 4) is 0 Å². The van der Waals surface area contributed by atoms with E-state index in [0.29, 0.717) is 17.7 Å². The van der Waals surface area contributed by atoms with Crippen molar-refractivity contribution in [3.63, 3.8) is 0 Å². The molecule has 1 N–H and O–H groups in total. The number of fused-ring (bicyclic) bond motifs is 1. The van der Waals surface area contributed by atoms with Gasteiger partial charge in [0.2, 0.25) is 0 Å². The first kappa shape index (κ1) is 14.1. The summed E-state index contributed by atoms with van der Waals surface area (Å²) in [5.41, 5.74) is 0.962. The van der Waals surface area contributed by atoms with Gasteiger partial charge in [0.15, 0.2) is 5.03 Å². The van der Waals surface area contributed by atoms with Gasteiger partial charge in [-0.1, -0.05) is 30.5 Å². The molecule has 0 amide bonds. The minimum Gasteiger partial charge on any atom is -0.346 e. The van der Waals surface area contributed by atoms with Crippen LogP contribution >= 0.6 is 11.6 Å². The highest BCUT2D eigenvalue weighted by Crippen LogP contribution is 2.29. The van der Waals surface area contributed by atoms with Gasteiger partial charge >= 0.3 is 0 Å². The van der Waals surface area contributed by atoms with Gasteiger partial charge < -0.3 is 10.2 Å². The smallest absolute Gasteiger partial charge is 0.272 e. The minimum absolute atomic E-state index is 0.248. The summed E-state index contributed by atoms with van der Waals surface area (Å²) in [6.07, 6.45) is 6.04. The average molecular weight is 310 g/mol. The Morgan fingerprint density at radius 2 is 2.29 bits per heavy atom. The van der Waals surface area contributed by atoms with E-state index < -0.39 is 5.03 Å². The lowest BCUT2D eigenvalue weighted by Gasteiger charge is -2.30. The van der Waals surface area contributed by atoms with Crippen LogP contribution in [-0.2, 0) is 6.54 Å². The van der Waals surface area contributed by atoms with E-state index in [-0.39, 0.29) is 12.1 Å². The summed E-state index contributed by atoms with van der Waals surface area (Å²) in [6.45, 7) is 0.547. The molecule has 1 aromatic rings. The molecule has 0 unspecified atom stereocenters. The average Bonchev–Trinajstić information content (AvgIpc) is 2.78. The maximum absolute atomic E-state index is 10.7. The molecule has 21 heavy (non-hydrogen) atoms. The highest BCUT2D eigenvalue weighted by molar-refractivity contribution is 6.29. The number of pyridine rings is 1. The monoisotopic (exact) mass is 309 g/mol. The summed E-state index contributed by atoms with van der Waals surface area (Å²) in [4.78, 5) is 16.8. The Morgan fingerprint density at radius 1 is 1.48 bits per heavy atom. The third kappa shape index (κ3) is 3.07. The zero-order chi connectivity index (χ0) is 14.8. The Hall–Kier alpha value is -1.89. The van der Waals surface area contributed by atoms with Crippen LogP contribution < -0.4 is 5.32 Å². The lowest BCUT2D eigenvalue weighted by Crippen LogP contribution is -2.38. The molecule has 0 spiro atoms. The number of nitrogens with one attached hydrogen (secondary N) is 1. The first-order chi connectivity index (χ1) is 10.1. The van der Waals surface area contributed by atoms with E-state index in [9.17, 15) is 10.1 Å². The second-order valence-corrected chi connectivity index (χ2v) is 5.77. The molecule has 0 bridgehead atoms. The van der Waals surface area contributed by atoms with Crippen LogP contribution in [0.15, 0.2) is 23.4 Å². The van der Waals surface area contributed by atoms with Crippen LogP contribution in [0.2, 0.25) is 5.15 Å². The van der Waals surface area contributed by atoms with Crippen molar-refractivity contribution in [1.29, 1.82) is 0 Å². The van der Waals surface area contributed by atoms with Crippen LogP contribution in [0.25, 0.3) is 0 Å². The van der Waals surface area contributed by atoms with E-state index in [1.54, 1.807) is 12.3 Å². The van der Waals surface area contributed by atoms with Gasteiger partial charge in [-0.3, -0.25) is 0 Å². The summed E-state index contributed by atoms with van der Waals surface area (Å²) >= 11 is 5.79. The zero-order valence-electron chi connectivity index (χ0n) is 11.4. The lowest BCUT2D eigenvalue weighted by atomic mass is 9.91. The predicted molar refractivity (Wildman–Crippen MR) is 78.4 cm³/mol. The number of rotatable bonds is 3. The molecule has 7 nitrogen and oxygen atoms in total. The van der Waals surface area contributed by atoms with Gasteiger partial charge in [-0.15, -0.1) is 0 Å². The molecule has 2 heterocycles. The SMILES string of the molecule is O=[N+]([O-])/N=C1\N[C@@H]2CCCC[C@@H]2N1Cc1ccc(Cl)nc1. The maximum Gasteiger partial charge on any atom is 0.272 e. The number of aromatic nitrogens is 1. The van der Waals surface area contributed by atoms with Crippen LogP contribution in [0.5, 0.6) is 0 Å². The number of hydrogen-bond donors (Lipinski definition) is 1. The van der Waals surface area contributed by atoms with Crippen molar-refractivity contribution in [1.82, 2.24) is 15.2 Å². The summed E-state index contributed by atoms with van der Waals surface area (Å²) in [5, 5.41) is 17.2. The first-order valence-corrected chi connectivity index (χ1v) is 7.38. The van der Waals surface area contributed by atoms with Crippen LogP contribution in [0, 0.1) is 10.1 Å².